The zero-order valence-corrected chi connectivity index (χ0v) is 9.33. The summed E-state index contributed by atoms with van der Waals surface area (Å²) in [5, 5.41) is 0. The summed E-state index contributed by atoms with van der Waals surface area (Å²) in [6, 6.07) is -0.0786. The molecule has 3 heterocycles. The second-order valence-corrected chi connectivity index (χ2v) is 4.19. The van der Waals surface area contributed by atoms with Crippen molar-refractivity contribution in [2.24, 2.45) is 0 Å². The van der Waals surface area contributed by atoms with Crippen LogP contribution in [-0.2, 0) is 4.79 Å². The molecule has 6 heteroatoms. The molecule has 0 bridgehead atoms. The van der Waals surface area contributed by atoms with E-state index in [1.807, 2.05) is 4.90 Å². The molecule has 1 unspecified atom stereocenters. The van der Waals surface area contributed by atoms with Gasteiger partial charge < -0.3 is 14.7 Å². The zero-order chi connectivity index (χ0) is 11.7. The quantitative estimate of drug-likeness (QED) is 0.777. The summed E-state index contributed by atoms with van der Waals surface area (Å²) < 4.78 is 0. The Hall–Kier alpha value is -1.98. The zero-order valence-electron chi connectivity index (χ0n) is 9.33. The molecule has 6 nitrogen and oxygen atoms in total. The average Bonchev–Trinajstić information content (AvgIpc) is 2.86. The van der Waals surface area contributed by atoms with Gasteiger partial charge in [0.2, 0.25) is 0 Å². The van der Waals surface area contributed by atoms with E-state index in [4.69, 9.17) is 0 Å². The summed E-state index contributed by atoms with van der Waals surface area (Å²) in [6.45, 7) is 0.856. The molecular formula is C11H13N5O. The summed E-state index contributed by atoms with van der Waals surface area (Å²) >= 11 is 0. The van der Waals surface area contributed by atoms with E-state index in [1.165, 1.54) is 6.33 Å². The maximum atomic E-state index is 11.1. The van der Waals surface area contributed by atoms with Crippen molar-refractivity contribution in [2.45, 2.75) is 25.3 Å². The molecule has 1 fully saturated rings. The molecule has 1 aliphatic heterocycles. The Balaban J connectivity index is 2.07. The number of anilines is 1. The highest BCUT2D eigenvalue weighted by Gasteiger charge is 2.25. The molecule has 2 aromatic heterocycles. The van der Waals surface area contributed by atoms with Crippen molar-refractivity contribution in [3.05, 3.63) is 12.7 Å². The number of H-pyrrole nitrogens is 1. The fourth-order valence-corrected chi connectivity index (χ4v) is 2.33. The van der Waals surface area contributed by atoms with Crippen LogP contribution in [0, 0.1) is 0 Å². The van der Waals surface area contributed by atoms with Gasteiger partial charge >= 0.3 is 0 Å². The van der Waals surface area contributed by atoms with Gasteiger partial charge in [0, 0.05) is 6.54 Å². The van der Waals surface area contributed by atoms with Crippen LogP contribution in [0.4, 0.5) is 5.82 Å². The minimum Gasteiger partial charge on any atom is -0.345 e. The van der Waals surface area contributed by atoms with Crippen molar-refractivity contribution in [1.29, 1.82) is 0 Å². The molecule has 88 valence electrons. The largest absolute Gasteiger partial charge is 0.345 e. The van der Waals surface area contributed by atoms with Crippen molar-refractivity contribution >= 4 is 23.3 Å². The van der Waals surface area contributed by atoms with Gasteiger partial charge in [-0.1, -0.05) is 0 Å². The van der Waals surface area contributed by atoms with Gasteiger partial charge in [0.1, 0.15) is 18.1 Å². The molecule has 0 spiro atoms. The van der Waals surface area contributed by atoms with E-state index in [1.54, 1.807) is 6.33 Å². The minimum absolute atomic E-state index is 0.0786. The fourth-order valence-electron chi connectivity index (χ4n) is 2.33. The van der Waals surface area contributed by atoms with E-state index in [0.717, 1.165) is 43.4 Å². The summed E-state index contributed by atoms with van der Waals surface area (Å²) in [7, 11) is 0. The van der Waals surface area contributed by atoms with Crippen LogP contribution in [0.1, 0.15) is 19.3 Å². The highest BCUT2D eigenvalue weighted by atomic mass is 16.1. The number of aromatic amines is 1. The predicted molar refractivity (Wildman–Crippen MR) is 62.7 cm³/mol. The van der Waals surface area contributed by atoms with Crippen molar-refractivity contribution in [2.75, 3.05) is 11.4 Å². The monoisotopic (exact) mass is 231 g/mol. The van der Waals surface area contributed by atoms with Crippen molar-refractivity contribution in [3.8, 4) is 0 Å². The second-order valence-electron chi connectivity index (χ2n) is 4.19. The van der Waals surface area contributed by atoms with Gasteiger partial charge in [-0.3, -0.25) is 0 Å². The Morgan fingerprint density at radius 1 is 1.35 bits per heavy atom. The molecule has 0 amide bonds. The van der Waals surface area contributed by atoms with Crippen LogP contribution in [0.3, 0.4) is 0 Å². The fraction of sp³-hybridized carbons (Fsp3) is 0.455. The number of imidazole rings is 1. The Kier molecular flexibility index (Phi) is 2.47. The van der Waals surface area contributed by atoms with E-state index in [-0.39, 0.29) is 6.04 Å². The van der Waals surface area contributed by atoms with Gasteiger partial charge in [-0.2, -0.15) is 0 Å². The number of nitrogens with one attached hydrogen (secondary N) is 1. The third-order valence-electron chi connectivity index (χ3n) is 3.18. The molecule has 0 aliphatic carbocycles. The van der Waals surface area contributed by atoms with Gasteiger partial charge in [0.25, 0.3) is 0 Å². The van der Waals surface area contributed by atoms with Crippen molar-refractivity contribution < 1.29 is 4.79 Å². The highest BCUT2D eigenvalue weighted by Crippen LogP contribution is 2.26. The Labute approximate surface area is 98.1 Å². The molecule has 1 aliphatic rings. The Morgan fingerprint density at radius 3 is 3.18 bits per heavy atom. The van der Waals surface area contributed by atoms with Crippen LogP contribution in [0.25, 0.3) is 11.2 Å². The van der Waals surface area contributed by atoms with Crippen LogP contribution in [-0.4, -0.2) is 38.8 Å². The summed E-state index contributed by atoms with van der Waals surface area (Å²) in [4.78, 5) is 28.7. The maximum absolute atomic E-state index is 11.1. The minimum atomic E-state index is -0.0786. The first-order valence-corrected chi connectivity index (χ1v) is 5.76. The van der Waals surface area contributed by atoms with Gasteiger partial charge in [0.05, 0.1) is 12.4 Å². The third-order valence-corrected chi connectivity index (χ3v) is 3.18. The molecule has 0 aromatic carbocycles. The lowest BCUT2D eigenvalue weighted by atomic mass is 10.0. The number of fused-ring (bicyclic) bond motifs is 1. The normalized spacial score (nSPS) is 20.7. The predicted octanol–water partition coefficient (Wildman–Crippen LogP) is 0.911. The number of hydrogen-bond acceptors (Lipinski definition) is 5. The van der Waals surface area contributed by atoms with Crippen LogP contribution < -0.4 is 4.90 Å². The number of nitrogens with zero attached hydrogens (tertiary/aromatic N) is 4. The van der Waals surface area contributed by atoms with Crippen LogP contribution in [0.5, 0.6) is 0 Å². The number of piperidine rings is 1. The van der Waals surface area contributed by atoms with Crippen LogP contribution in [0.15, 0.2) is 12.7 Å². The molecule has 0 saturated carbocycles. The van der Waals surface area contributed by atoms with Crippen LogP contribution >= 0.6 is 0 Å². The van der Waals surface area contributed by atoms with E-state index < -0.39 is 0 Å². The first kappa shape index (κ1) is 10.2. The van der Waals surface area contributed by atoms with Crippen LogP contribution in [0.2, 0.25) is 0 Å². The Morgan fingerprint density at radius 2 is 2.29 bits per heavy atom. The summed E-state index contributed by atoms with van der Waals surface area (Å²) in [6.07, 6.45) is 7.17. The average molecular weight is 231 g/mol. The van der Waals surface area contributed by atoms with E-state index in [2.05, 4.69) is 19.9 Å². The first-order chi connectivity index (χ1) is 8.40. The number of carbonyl (C=O) groups excluding carboxylic acids is 1. The lowest BCUT2D eigenvalue weighted by Gasteiger charge is -2.33. The van der Waals surface area contributed by atoms with E-state index in [9.17, 15) is 4.79 Å². The van der Waals surface area contributed by atoms with E-state index in [0.29, 0.717) is 5.65 Å². The second kappa shape index (κ2) is 4.12. The lowest BCUT2D eigenvalue weighted by molar-refractivity contribution is -0.109. The molecule has 2 aromatic rings. The SMILES string of the molecule is O=CC1CCCCN1c1ncnc2nc[nH]c12. The molecular weight excluding hydrogens is 218 g/mol. The number of aromatic nitrogens is 4. The summed E-state index contributed by atoms with van der Waals surface area (Å²) in [5.74, 6) is 0.782. The maximum Gasteiger partial charge on any atom is 0.182 e. The number of aldehydes is 1. The molecule has 0 radical (unpaired) electrons. The van der Waals surface area contributed by atoms with Crippen molar-refractivity contribution in [3.63, 3.8) is 0 Å². The molecule has 1 N–H and O–H groups in total. The molecule has 3 rings (SSSR count). The molecule has 1 atom stereocenters. The topological polar surface area (TPSA) is 74.8 Å². The number of carbonyl (C=O) groups is 1. The van der Waals surface area contributed by atoms with Crippen molar-refractivity contribution in [1.82, 2.24) is 19.9 Å². The van der Waals surface area contributed by atoms with E-state index >= 15 is 0 Å². The highest BCUT2D eigenvalue weighted by molar-refractivity contribution is 5.84. The molecule has 17 heavy (non-hydrogen) atoms. The lowest BCUT2D eigenvalue weighted by Crippen LogP contribution is -2.41. The number of rotatable bonds is 2. The first-order valence-electron chi connectivity index (χ1n) is 5.76. The Bertz CT molecular complexity index is 537. The van der Waals surface area contributed by atoms with Gasteiger partial charge in [-0.05, 0) is 19.3 Å². The standard InChI is InChI=1S/C11H13N5O/c17-5-8-3-1-2-4-16(8)11-9-10(13-6-12-9)14-7-15-11/h5-8H,1-4H2,(H,12,13,14,15). The van der Waals surface area contributed by atoms with Gasteiger partial charge in [-0.25, -0.2) is 15.0 Å². The van der Waals surface area contributed by atoms with Gasteiger partial charge in [-0.15, -0.1) is 0 Å². The third kappa shape index (κ3) is 1.65. The number of hydrogen-bond donors (Lipinski definition) is 1. The summed E-state index contributed by atoms with van der Waals surface area (Å²) in [5.41, 5.74) is 1.45. The smallest absolute Gasteiger partial charge is 0.182 e. The molecule has 1 saturated heterocycles. The van der Waals surface area contributed by atoms with Gasteiger partial charge in [0.15, 0.2) is 11.5 Å².